The molecule has 0 saturated heterocycles. The number of benzene rings is 1. The van der Waals surface area contributed by atoms with E-state index >= 15 is 0 Å². The van der Waals surface area contributed by atoms with Crippen molar-refractivity contribution in [1.29, 1.82) is 0 Å². The van der Waals surface area contributed by atoms with Crippen LogP contribution in [0.25, 0.3) is 10.6 Å². The molecule has 1 aromatic carbocycles. The summed E-state index contributed by atoms with van der Waals surface area (Å²) in [5, 5.41) is 2.99. The van der Waals surface area contributed by atoms with E-state index in [1.165, 1.54) is 23.5 Å². The summed E-state index contributed by atoms with van der Waals surface area (Å²) in [7, 11) is 0. The topological polar surface area (TPSA) is 12.9 Å². The van der Waals surface area contributed by atoms with E-state index in [2.05, 4.69) is 4.98 Å². The molecular weight excluding hydrogens is 256 g/mol. The summed E-state index contributed by atoms with van der Waals surface area (Å²) >= 11 is 13.0. The first-order valence-electron chi connectivity index (χ1n) is 4.16. The third-order valence-corrected chi connectivity index (χ3v) is 3.36. The molecule has 0 unspecified atom stereocenters. The molecule has 0 saturated carbocycles. The highest BCUT2D eigenvalue weighted by Gasteiger charge is 2.08. The Morgan fingerprint density at radius 3 is 2.80 bits per heavy atom. The normalized spacial score (nSPS) is 10.6. The summed E-state index contributed by atoms with van der Waals surface area (Å²) < 4.78 is 12.8. The van der Waals surface area contributed by atoms with E-state index in [4.69, 9.17) is 23.2 Å². The number of nitrogens with zero attached hydrogens (tertiary/aromatic N) is 1. The molecule has 5 heteroatoms. The molecule has 2 aromatic rings. The fourth-order valence-electron chi connectivity index (χ4n) is 1.15. The zero-order chi connectivity index (χ0) is 10.8. The number of hydrogen-bond acceptors (Lipinski definition) is 2. The van der Waals surface area contributed by atoms with Crippen LogP contribution in [0.15, 0.2) is 23.6 Å². The van der Waals surface area contributed by atoms with E-state index < -0.39 is 0 Å². The van der Waals surface area contributed by atoms with Gasteiger partial charge >= 0.3 is 0 Å². The van der Waals surface area contributed by atoms with E-state index in [0.29, 0.717) is 10.9 Å². The third kappa shape index (κ3) is 2.30. The van der Waals surface area contributed by atoms with Crippen LogP contribution in [0.4, 0.5) is 4.39 Å². The molecule has 0 aliphatic heterocycles. The first-order chi connectivity index (χ1) is 7.20. The molecule has 0 fully saturated rings. The van der Waals surface area contributed by atoms with Gasteiger partial charge in [-0.3, -0.25) is 0 Å². The molecule has 0 radical (unpaired) electrons. The Bertz CT molecular complexity index is 484. The lowest BCUT2D eigenvalue weighted by molar-refractivity contribution is 0.628. The Hall–Kier alpha value is -0.640. The van der Waals surface area contributed by atoms with Crippen molar-refractivity contribution in [3.63, 3.8) is 0 Å². The van der Waals surface area contributed by atoms with Crippen molar-refractivity contribution in [2.24, 2.45) is 0 Å². The number of rotatable bonds is 2. The van der Waals surface area contributed by atoms with Gasteiger partial charge in [0.15, 0.2) is 0 Å². The average molecular weight is 262 g/mol. The van der Waals surface area contributed by atoms with Crippen molar-refractivity contribution in [3.05, 3.63) is 40.1 Å². The standard InChI is InChI=1S/C10H6Cl2FNS/c11-4-7-5-15-10(14-7)8-2-1-6(13)3-9(8)12/h1-3,5H,4H2. The Morgan fingerprint density at radius 2 is 2.20 bits per heavy atom. The quantitative estimate of drug-likeness (QED) is 0.733. The summed E-state index contributed by atoms with van der Waals surface area (Å²) in [6, 6.07) is 4.26. The summed E-state index contributed by atoms with van der Waals surface area (Å²) in [4.78, 5) is 4.27. The maximum absolute atomic E-state index is 12.8. The van der Waals surface area contributed by atoms with Crippen LogP contribution in [0, 0.1) is 5.82 Å². The molecule has 15 heavy (non-hydrogen) atoms. The minimum atomic E-state index is -0.349. The van der Waals surface area contributed by atoms with Crippen molar-refractivity contribution in [3.8, 4) is 10.6 Å². The van der Waals surface area contributed by atoms with Crippen molar-refractivity contribution >= 4 is 34.5 Å². The SMILES string of the molecule is Fc1ccc(-c2nc(CCl)cs2)c(Cl)c1. The molecule has 2 rings (SSSR count). The molecule has 0 aliphatic carbocycles. The van der Waals surface area contributed by atoms with Crippen LogP contribution in [-0.4, -0.2) is 4.98 Å². The van der Waals surface area contributed by atoms with Crippen molar-refractivity contribution in [2.45, 2.75) is 5.88 Å². The molecule has 1 heterocycles. The van der Waals surface area contributed by atoms with Gasteiger partial charge in [0.05, 0.1) is 16.6 Å². The molecular formula is C10H6Cl2FNS. The Morgan fingerprint density at radius 1 is 1.40 bits per heavy atom. The van der Waals surface area contributed by atoms with Crippen LogP contribution in [0.1, 0.15) is 5.69 Å². The van der Waals surface area contributed by atoms with Crippen molar-refractivity contribution < 1.29 is 4.39 Å². The summed E-state index contributed by atoms with van der Waals surface area (Å²) in [5.74, 6) is 0.0212. The highest BCUT2D eigenvalue weighted by Crippen LogP contribution is 2.31. The number of alkyl halides is 1. The van der Waals surface area contributed by atoms with Crippen LogP contribution in [0.3, 0.4) is 0 Å². The minimum absolute atomic E-state index is 0.349. The molecule has 0 atom stereocenters. The number of thiazole rings is 1. The van der Waals surface area contributed by atoms with Crippen LogP contribution in [0.2, 0.25) is 5.02 Å². The van der Waals surface area contributed by atoms with Gasteiger partial charge in [-0.05, 0) is 18.2 Å². The average Bonchev–Trinajstić information content (AvgIpc) is 2.66. The number of aromatic nitrogens is 1. The van der Waals surface area contributed by atoms with Gasteiger partial charge < -0.3 is 0 Å². The molecule has 1 nitrogen and oxygen atoms in total. The number of halogens is 3. The van der Waals surface area contributed by atoms with Gasteiger partial charge in [-0.2, -0.15) is 0 Å². The first-order valence-corrected chi connectivity index (χ1v) is 5.95. The molecule has 1 aromatic heterocycles. The third-order valence-electron chi connectivity index (χ3n) is 1.85. The van der Waals surface area contributed by atoms with Crippen LogP contribution < -0.4 is 0 Å². The largest absolute Gasteiger partial charge is 0.240 e. The fraction of sp³-hybridized carbons (Fsp3) is 0.100. The van der Waals surface area contributed by atoms with Crippen LogP contribution in [0.5, 0.6) is 0 Å². The van der Waals surface area contributed by atoms with Crippen LogP contribution >= 0.6 is 34.5 Å². The Balaban J connectivity index is 2.44. The lowest BCUT2D eigenvalue weighted by Gasteiger charge is -1.99. The predicted molar refractivity (Wildman–Crippen MR) is 62.1 cm³/mol. The molecule has 0 bridgehead atoms. The summed E-state index contributed by atoms with van der Waals surface area (Å²) in [6.45, 7) is 0. The zero-order valence-corrected chi connectivity index (χ0v) is 9.83. The second kappa shape index (κ2) is 4.47. The Kier molecular flexibility index (Phi) is 3.24. The van der Waals surface area contributed by atoms with Gasteiger partial charge in [0.2, 0.25) is 0 Å². The zero-order valence-electron chi connectivity index (χ0n) is 7.51. The minimum Gasteiger partial charge on any atom is -0.240 e. The Labute approximate surface area is 100 Å². The van der Waals surface area contributed by atoms with E-state index in [0.717, 1.165) is 16.3 Å². The number of hydrogen-bond donors (Lipinski definition) is 0. The predicted octanol–water partition coefficient (Wildman–Crippen LogP) is 4.34. The van der Waals surface area contributed by atoms with Gasteiger partial charge in [-0.1, -0.05) is 11.6 Å². The van der Waals surface area contributed by atoms with E-state index in [1.54, 1.807) is 6.07 Å². The van der Waals surface area contributed by atoms with Gasteiger partial charge in [0.1, 0.15) is 10.8 Å². The fourth-order valence-corrected chi connectivity index (χ4v) is 2.55. The van der Waals surface area contributed by atoms with Gasteiger partial charge in [0.25, 0.3) is 0 Å². The van der Waals surface area contributed by atoms with Crippen LogP contribution in [-0.2, 0) is 5.88 Å². The second-order valence-electron chi connectivity index (χ2n) is 2.90. The summed E-state index contributed by atoms with van der Waals surface area (Å²) in [6.07, 6.45) is 0. The summed E-state index contributed by atoms with van der Waals surface area (Å²) in [5.41, 5.74) is 1.54. The maximum Gasteiger partial charge on any atom is 0.125 e. The smallest absolute Gasteiger partial charge is 0.125 e. The highest BCUT2D eigenvalue weighted by atomic mass is 35.5. The molecule has 0 aliphatic rings. The van der Waals surface area contributed by atoms with Crippen molar-refractivity contribution in [2.75, 3.05) is 0 Å². The molecule has 0 amide bonds. The van der Waals surface area contributed by atoms with E-state index in [-0.39, 0.29) is 5.82 Å². The molecule has 0 spiro atoms. The second-order valence-corrected chi connectivity index (χ2v) is 4.43. The lowest BCUT2D eigenvalue weighted by atomic mass is 10.2. The van der Waals surface area contributed by atoms with Crippen molar-refractivity contribution in [1.82, 2.24) is 4.98 Å². The van der Waals surface area contributed by atoms with Gasteiger partial charge in [-0.15, -0.1) is 22.9 Å². The maximum atomic E-state index is 12.8. The van der Waals surface area contributed by atoms with Gasteiger partial charge in [-0.25, -0.2) is 9.37 Å². The first kappa shape index (κ1) is 10.9. The lowest BCUT2D eigenvalue weighted by Crippen LogP contribution is -1.82. The monoisotopic (exact) mass is 261 g/mol. The molecule has 0 N–H and O–H groups in total. The van der Waals surface area contributed by atoms with Gasteiger partial charge in [0, 0.05) is 10.9 Å². The van der Waals surface area contributed by atoms with E-state index in [9.17, 15) is 4.39 Å². The highest BCUT2D eigenvalue weighted by molar-refractivity contribution is 7.13. The molecule has 78 valence electrons. The van der Waals surface area contributed by atoms with E-state index in [1.807, 2.05) is 5.38 Å².